The van der Waals surface area contributed by atoms with E-state index in [9.17, 15) is 14.4 Å². The van der Waals surface area contributed by atoms with Crippen LogP contribution < -0.4 is 0 Å². The van der Waals surface area contributed by atoms with Crippen molar-refractivity contribution in [3.05, 3.63) is 130 Å². The summed E-state index contributed by atoms with van der Waals surface area (Å²) in [5, 5.41) is 14.8. The van der Waals surface area contributed by atoms with Gasteiger partial charge in [0.25, 0.3) is 6.47 Å². The van der Waals surface area contributed by atoms with Gasteiger partial charge >= 0.3 is 11.9 Å². The smallest absolute Gasteiger partial charge is 0.306 e. The summed E-state index contributed by atoms with van der Waals surface area (Å²) in [6, 6.07) is 0. The van der Waals surface area contributed by atoms with Crippen molar-refractivity contribution in [1.29, 1.82) is 0 Å². The Morgan fingerprint density at radius 3 is 1.78 bits per heavy atom. The fourth-order valence-corrected chi connectivity index (χ4v) is 6.95. The van der Waals surface area contributed by atoms with Gasteiger partial charge in [0.1, 0.15) is 12.4 Å². The summed E-state index contributed by atoms with van der Waals surface area (Å²) in [7, 11) is 1.80. The van der Waals surface area contributed by atoms with E-state index in [4.69, 9.17) is 24.5 Å². The maximum atomic E-state index is 12.0. The van der Waals surface area contributed by atoms with Crippen LogP contribution in [0.5, 0.6) is 0 Å². The van der Waals surface area contributed by atoms with Crippen LogP contribution in [0.4, 0.5) is 0 Å². The van der Waals surface area contributed by atoms with Crippen LogP contribution in [0.2, 0.25) is 0 Å². The molecule has 0 fully saturated rings. The fourth-order valence-electron chi connectivity index (χ4n) is 6.95. The molecule has 2 aliphatic rings. The first-order chi connectivity index (χ1) is 27.3. The van der Waals surface area contributed by atoms with Crippen molar-refractivity contribution >= 4 is 24.7 Å². The normalized spacial score (nSPS) is 21.5. The summed E-state index contributed by atoms with van der Waals surface area (Å²) in [6.45, 7) is 23.8. The molecule has 0 bridgehead atoms. The number of carbonyl (C=O) groups is 4. The molecule has 0 saturated carbocycles. The highest BCUT2D eigenvalue weighted by Gasteiger charge is 2.35. The number of allylic oxidation sites excluding steroid dienone is 20. The number of esters is 1. The molecule has 0 aliphatic heterocycles. The largest absolute Gasteiger partial charge is 0.483 e. The van der Waals surface area contributed by atoms with Crippen LogP contribution in [0.3, 0.4) is 0 Å². The van der Waals surface area contributed by atoms with E-state index < -0.39 is 5.97 Å². The lowest BCUT2D eigenvalue weighted by molar-refractivity contribution is -0.150. The van der Waals surface area contributed by atoms with Gasteiger partial charge in [-0.05, 0) is 77.2 Å². The van der Waals surface area contributed by atoms with Gasteiger partial charge in [-0.25, -0.2) is 0 Å². The molecular formula is C50H72O8. The van der Waals surface area contributed by atoms with Gasteiger partial charge in [0.2, 0.25) is 0 Å². The number of rotatable bonds is 17. The first-order valence-corrected chi connectivity index (χ1v) is 20.2. The van der Waals surface area contributed by atoms with Crippen LogP contribution in [-0.4, -0.2) is 54.2 Å². The molecule has 8 nitrogen and oxygen atoms in total. The number of carboxylic acids is 1. The Morgan fingerprint density at radius 1 is 0.810 bits per heavy atom. The Hall–Kier alpha value is -4.82. The van der Waals surface area contributed by atoms with E-state index >= 15 is 0 Å². The molecule has 3 unspecified atom stereocenters. The molecule has 0 aromatic carbocycles. The Bertz CT molecular complexity index is 1680. The second-order valence-electron chi connectivity index (χ2n) is 16.3. The van der Waals surface area contributed by atoms with Crippen molar-refractivity contribution in [1.82, 2.24) is 0 Å². The molecule has 58 heavy (non-hydrogen) atoms. The lowest BCUT2D eigenvalue weighted by atomic mass is 9.67. The third kappa shape index (κ3) is 22.8. The van der Waals surface area contributed by atoms with Crippen LogP contribution in [0.25, 0.3) is 0 Å². The number of hydrogen-bond acceptors (Lipinski definition) is 6. The van der Waals surface area contributed by atoms with E-state index in [2.05, 4.69) is 160 Å². The van der Waals surface area contributed by atoms with E-state index in [1.54, 1.807) is 7.11 Å². The molecule has 8 heteroatoms. The minimum Gasteiger partial charge on any atom is -0.483 e. The maximum Gasteiger partial charge on any atom is 0.306 e. The average Bonchev–Trinajstić information content (AvgIpc) is 3.11. The lowest BCUT2D eigenvalue weighted by Crippen LogP contribution is -2.33. The van der Waals surface area contributed by atoms with Crippen molar-refractivity contribution in [3.63, 3.8) is 0 Å². The molecule has 0 amide bonds. The summed E-state index contributed by atoms with van der Waals surface area (Å²) in [4.78, 5) is 39.4. The minimum absolute atomic E-state index is 0.0260. The molecule has 3 atom stereocenters. The summed E-state index contributed by atoms with van der Waals surface area (Å²) in [6.07, 6.45) is 37.4. The Morgan fingerprint density at radius 2 is 1.33 bits per heavy atom. The molecule has 2 N–H and O–H groups in total. The number of ether oxygens (including phenoxy) is 2. The van der Waals surface area contributed by atoms with Gasteiger partial charge in [-0.3, -0.25) is 14.4 Å². The summed E-state index contributed by atoms with van der Waals surface area (Å²) in [5.41, 5.74) is 8.99. The van der Waals surface area contributed by atoms with Crippen molar-refractivity contribution in [2.24, 2.45) is 16.7 Å². The first-order valence-electron chi connectivity index (χ1n) is 20.2. The van der Waals surface area contributed by atoms with E-state index in [0.717, 1.165) is 25.7 Å². The Labute approximate surface area is 349 Å². The third-order valence-electron chi connectivity index (χ3n) is 9.83. The monoisotopic (exact) mass is 801 g/mol. The van der Waals surface area contributed by atoms with Gasteiger partial charge < -0.3 is 24.5 Å². The summed E-state index contributed by atoms with van der Waals surface area (Å²) in [5.74, 6) is -0.578. The third-order valence-corrected chi connectivity index (χ3v) is 9.83. The number of aldehydes is 1. The number of carboxylic acid groups (broad SMARTS) is 2. The topological polar surface area (TPSA) is 127 Å². The average molecular weight is 801 g/mol. The van der Waals surface area contributed by atoms with Crippen LogP contribution in [0.15, 0.2) is 130 Å². The predicted molar refractivity (Wildman–Crippen MR) is 239 cm³/mol. The quantitative estimate of drug-likeness (QED) is 0.0644. The zero-order chi connectivity index (χ0) is 44.3. The number of carbonyl (C=O) groups excluding carboxylic acids is 2. The second-order valence-corrected chi connectivity index (χ2v) is 16.3. The van der Waals surface area contributed by atoms with Gasteiger partial charge in [0.15, 0.2) is 0 Å². The molecule has 2 rings (SSSR count). The standard InChI is InChI=1S/C45H64O3.C4H6O3.CH2O2/c1-13-18-43(46)48-40-30-38(7)42(45(10,11)32-40)28-26-36(5)24-17-22-34(3)20-15-14-19-33(2)21-16-23-35(4)25-27-41-37(6)29-39(47-12)31-44(41,8)9;5-3-1-2-4(6)7;2-1-3/h14-17,19-29,39-41H,13,18,30-32H2,1-12H3;3H,1-2H2,(H,6,7);1H,(H,2,3)/b15-14+,21-16+,22-17+,27-25+,28-26+,33-19+,34-20+,35-23+,36-24+;;. The van der Waals surface area contributed by atoms with E-state index in [1.807, 2.05) is 6.92 Å². The highest BCUT2D eigenvalue weighted by molar-refractivity contribution is 5.70. The predicted octanol–water partition coefficient (Wildman–Crippen LogP) is 12.2. The van der Waals surface area contributed by atoms with Crippen LogP contribution in [0.1, 0.15) is 121 Å². The highest BCUT2D eigenvalue weighted by atomic mass is 16.5. The second kappa shape index (κ2) is 28.6. The molecule has 0 saturated heterocycles. The van der Waals surface area contributed by atoms with Gasteiger partial charge in [-0.15, -0.1) is 0 Å². The summed E-state index contributed by atoms with van der Waals surface area (Å²) >= 11 is 0. The van der Waals surface area contributed by atoms with E-state index in [1.165, 1.54) is 39.0 Å². The van der Waals surface area contributed by atoms with Crippen LogP contribution >= 0.6 is 0 Å². The lowest BCUT2D eigenvalue weighted by Gasteiger charge is -2.39. The van der Waals surface area contributed by atoms with Crippen molar-refractivity contribution < 1.29 is 38.9 Å². The zero-order valence-electron chi connectivity index (χ0n) is 37.3. The molecule has 0 heterocycles. The van der Waals surface area contributed by atoms with Crippen LogP contribution in [0, 0.1) is 16.7 Å². The molecule has 0 aromatic heterocycles. The summed E-state index contributed by atoms with van der Waals surface area (Å²) < 4.78 is 11.4. The molecule has 0 aromatic rings. The van der Waals surface area contributed by atoms with E-state index in [0.29, 0.717) is 18.6 Å². The molecule has 320 valence electrons. The number of aliphatic carboxylic acids is 1. The molecule has 2 aliphatic carbocycles. The Kier molecular flexibility index (Phi) is 26.2. The number of hydrogen-bond donors (Lipinski definition) is 2. The van der Waals surface area contributed by atoms with Crippen molar-refractivity contribution in [3.8, 4) is 0 Å². The maximum absolute atomic E-state index is 12.0. The molecule has 0 spiro atoms. The van der Waals surface area contributed by atoms with Gasteiger partial charge in [-0.1, -0.05) is 159 Å². The van der Waals surface area contributed by atoms with Gasteiger partial charge in [0, 0.05) is 32.3 Å². The Balaban J connectivity index is 0.00000288. The highest BCUT2D eigenvalue weighted by Crippen LogP contribution is 2.43. The minimum atomic E-state index is -0.924. The number of methoxy groups -OCH3 is 1. The van der Waals surface area contributed by atoms with Crippen molar-refractivity contribution in [2.75, 3.05) is 7.11 Å². The van der Waals surface area contributed by atoms with Crippen molar-refractivity contribution in [2.45, 2.75) is 133 Å². The van der Waals surface area contributed by atoms with Gasteiger partial charge in [-0.2, -0.15) is 0 Å². The van der Waals surface area contributed by atoms with E-state index in [-0.39, 0.29) is 48.3 Å². The van der Waals surface area contributed by atoms with Crippen LogP contribution in [-0.2, 0) is 28.7 Å². The molecule has 0 radical (unpaired) electrons. The first kappa shape index (κ1) is 53.2. The van der Waals surface area contributed by atoms with Gasteiger partial charge in [0.05, 0.1) is 12.5 Å². The fraction of sp³-hybridized carbons (Fsp3) is 0.480. The SMILES string of the molecule is CCCC(=O)OC1CC(C)=C(/C=C/C(C)=C/C=C/C(C)=C/C=C/C=C(C)/C=C/C=C(C)/C=C/C2C(C)=CC(OC)CC2(C)C)C(C)(C)C1.O=CCCC(=O)O.O=CO. The zero-order valence-corrected chi connectivity index (χ0v) is 37.3. The molecular weight excluding hydrogens is 729 g/mol.